The van der Waals surface area contributed by atoms with Crippen molar-refractivity contribution in [2.24, 2.45) is 21.9 Å². The van der Waals surface area contributed by atoms with Crippen molar-refractivity contribution in [3.8, 4) is 0 Å². The van der Waals surface area contributed by atoms with Gasteiger partial charge in [-0.2, -0.15) is 0 Å². The molecule has 4 amide bonds. The van der Waals surface area contributed by atoms with Crippen LogP contribution in [0.3, 0.4) is 0 Å². The number of nitrogens with zero attached hydrogens (tertiary/aromatic N) is 4. The molecule has 7 N–H and O–H groups in total. The summed E-state index contributed by atoms with van der Waals surface area (Å²) in [5.41, 5.74) is 10.0. The molecule has 240 valence electrons. The predicted octanol–water partition coefficient (Wildman–Crippen LogP) is 4.08. The van der Waals surface area contributed by atoms with Crippen molar-refractivity contribution in [1.29, 1.82) is 0 Å². The molecule has 1 saturated carbocycles. The molecule has 1 atom stereocenters. The van der Waals surface area contributed by atoms with Gasteiger partial charge in [-0.15, -0.1) is 0 Å². The fourth-order valence-corrected chi connectivity index (χ4v) is 6.09. The number of carbonyl (C=O) groups excluding carboxylic acids is 3. The van der Waals surface area contributed by atoms with Gasteiger partial charge < -0.3 is 15.3 Å². The SMILES string of the molecule is CCCCN1C(=O)c2ccc(NC(=O)N(Cc3ccc(C(=O)[NH+]=C(N)/N=N\N)cc3)c3ccc(C4CCCCC4)cc3)cc2C1O. The molecule has 3 aromatic carbocycles. The van der Waals surface area contributed by atoms with Crippen LogP contribution in [0.15, 0.2) is 77.1 Å². The van der Waals surface area contributed by atoms with E-state index in [9.17, 15) is 19.5 Å². The number of anilines is 2. The standard InChI is InChI=1S/C34H40N8O4/c1-2-3-19-41-31(44)28-18-15-26(20-29(28)32(41)45)37-34(46)42(27-16-13-24(14-17-27)23-7-5-4-6-8-23)21-22-9-11-25(12-10-22)30(43)38-33(35)39-40-36/h9-18,20,23,32,45H,2-8,19,21H2,1H3,(H,37,46)(H4,35,36,38,39,43)/p+1. The lowest BCUT2D eigenvalue weighted by molar-refractivity contribution is -0.347. The molecule has 12 heteroatoms. The number of rotatable bonds is 9. The summed E-state index contributed by atoms with van der Waals surface area (Å²) >= 11 is 0. The lowest BCUT2D eigenvalue weighted by atomic mass is 9.84. The van der Waals surface area contributed by atoms with Crippen LogP contribution in [0, 0.1) is 0 Å². The van der Waals surface area contributed by atoms with Crippen molar-refractivity contribution in [1.82, 2.24) is 4.90 Å². The summed E-state index contributed by atoms with van der Waals surface area (Å²) < 4.78 is 0. The number of aliphatic hydroxyl groups is 1. The van der Waals surface area contributed by atoms with Crippen LogP contribution in [0.25, 0.3) is 0 Å². The Bertz CT molecular complexity index is 1620. The molecule has 0 bridgehead atoms. The average Bonchev–Trinajstić information content (AvgIpc) is 3.31. The van der Waals surface area contributed by atoms with E-state index >= 15 is 0 Å². The fraction of sp³-hybridized carbons (Fsp3) is 0.353. The third-order valence-electron chi connectivity index (χ3n) is 8.61. The largest absolute Gasteiger partial charge is 0.414 e. The quantitative estimate of drug-likeness (QED) is 0.0785. The monoisotopic (exact) mass is 625 g/mol. The number of guanidine groups is 1. The number of nitrogens with one attached hydrogen (secondary N) is 2. The molecule has 1 fully saturated rings. The summed E-state index contributed by atoms with van der Waals surface area (Å²) in [4.78, 5) is 44.7. The Morgan fingerprint density at radius 3 is 2.43 bits per heavy atom. The first kappa shape index (κ1) is 32.3. The van der Waals surface area contributed by atoms with Gasteiger partial charge in [0.1, 0.15) is 0 Å². The van der Waals surface area contributed by atoms with Gasteiger partial charge >= 0.3 is 17.9 Å². The van der Waals surface area contributed by atoms with Crippen molar-refractivity contribution in [2.75, 3.05) is 16.8 Å². The van der Waals surface area contributed by atoms with Gasteiger partial charge in [0.2, 0.25) is 0 Å². The Morgan fingerprint density at radius 2 is 1.76 bits per heavy atom. The number of carbonyl (C=O) groups is 3. The molecule has 12 nitrogen and oxygen atoms in total. The van der Waals surface area contributed by atoms with Crippen LogP contribution in [0.1, 0.15) is 101 Å². The van der Waals surface area contributed by atoms with Crippen LogP contribution in [-0.4, -0.2) is 40.4 Å². The summed E-state index contributed by atoms with van der Waals surface area (Å²) in [7, 11) is 0. The van der Waals surface area contributed by atoms with Crippen molar-refractivity contribution < 1.29 is 24.5 Å². The van der Waals surface area contributed by atoms with Gasteiger partial charge in [-0.1, -0.05) is 56.9 Å². The maximum atomic E-state index is 13.9. The minimum atomic E-state index is -1.06. The fourth-order valence-electron chi connectivity index (χ4n) is 6.09. The Balaban J connectivity index is 1.38. The van der Waals surface area contributed by atoms with Crippen LogP contribution >= 0.6 is 0 Å². The number of amides is 4. The number of aliphatic hydroxyl groups excluding tert-OH is 1. The summed E-state index contributed by atoms with van der Waals surface area (Å²) in [5.74, 6) is 4.58. The number of hydrogen-bond acceptors (Lipinski definition) is 5. The van der Waals surface area contributed by atoms with Crippen LogP contribution in [0.5, 0.6) is 0 Å². The molecular weight excluding hydrogens is 584 g/mol. The summed E-state index contributed by atoms with van der Waals surface area (Å²) in [6.45, 7) is 2.70. The van der Waals surface area contributed by atoms with Gasteiger partial charge in [-0.05, 0) is 78.8 Å². The minimum Gasteiger partial charge on any atom is -0.369 e. The Hall–Kier alpha value is -5.10. The number of fused-ring (bicyclic) bond motifs is 1. The second-order valence-electron chi connectivity index (χ2n) is 11.7. The van der Waals surface area contributed by atoms with Gasteiger partial charge in [-0.25, -0.2) is 9.79 Å². The van der Waals surface area contributed by atoms with Gasteiger partial charge in [-0.3, -0.25) is 26.1 Å². The zero-order chi connectivity index (χ0) is 32.6. The molecule has 3 aromatic rings. The molecule has 0 saturated heterocycles. The number of nitrogens with two attached hydrogens (primary N) is 2. The van der Waals surface area contributed by atoms with E-state index in [-0.39, 0.29) is 24.4 Å². The second-order valence-corrected chi connectivity index (χ2v) is 11.7. The van der Waals surface area contributed by atoms with Crippen molar-refractivity contribution in [2.45, 2.75) is 70.6 Å². The first-order valence-corrected chi connectivity index (χ1v) is 15.7. The third kappa shape index (κ3) is 7.40. The average molecular weight is 626 g/mol. The molecule has 1 unspecified atom stereocenters. The third-order valence-corrected chi connectivity index (χ3v) is 8.61. The molecule has 2 aliphatic rings. The van der Waals surface area contributed by atoms with E-state index < -0.39 is 12.1 Å². The van der Waals surface area contributed by atoms with E-state index in [1.54, 1.807) is 47.4 Å². The smallest absolute Gasteiger partial charge is 0.369 e. The first-order valence-electron chi connectivity index (χ1n) is 15.7. The zero-order valence-electron chi connectivity index (χ0n) is 26.0. The predicted molar refractivity (Wildman–Crippen MR) is 175 cm³/mol. The molecule has 5 rings (SSSR count). The lowest BCUT2D eigenvalue weighted by Gasteiger charge is -2.26. The highest BCUT2D eigenvalue weighted by Crippen LogP contribution is 2.35. The van der Waals surface area contributed by atoms with E-state index in [1.165, 1.54) is 42.6 Å². The highest BCUT2D eigenvalue weighted by molar-refractivity contribution is 6.03. The van der Waals surface area contributed by atoms with Crippen LogP contribution in [0.2, 0.25) is 0 Å². The normalized spacial score (nSPS) is 16.9. The van der Waals surface area contributed by atoms with E-state index in [1.807, 2.05) is 19.1 Å². The zero-order valence-corrected chi connectivity index (χ0v) is 26.0. The Labute approximate surface area is 268 Å². The number of hydrogen-bond donors (Lipinski definition) is 5. The van der Waals surface area contributed by atoms with E-state index in [4.69, 9.17) is 11.6 Å². The highest BCUT2D eigenvalue weighted by Gasteiger charge is 2.35. The number of benzene rings is 3. The molecule has 1 aliphatic carbocycles. The topological polar surface area (TPSA) is 181 Å². The molecule has 0 radical (unpaired) electrons. The summed E-state index contributed by atoms with van der Waals surface area (Å²) in [6.07, 6.45) is 6.70. The van der Waals surface area contributed by atoms with Crippen LogP contribution in [0.4, 0.5) is 16.2 Å². The van der Waals surface area contributed by atoms with Crippen molar-refractivity contribution in [3.05, 3.63) is 94.5 Å². The first-order chi connectivity index (χ1) is 22.3. The van der Waals surface area contributed by atoms with Crippen LogP contribution in [-0.2, 0) is 6.54 Å². The van der Waals surface area contributed by atoms with Crippen LogP contribution < -0.4 is 26.8 Å². The Kier molecular flexibility index (Phi) is 10.4. The number of unbranched alkanes of at least 4 members (excludes halogenated alkanes) is 1. The Morgan fingerprint density at radius 1 is 1.04 bits per heavy atom. The molecule has 1 aliphatic heterocycles. The lowest BCUT2D eigenvalue weighted by Crippen LogP contribution is -2.79. The van der Waals surface area contributed by atoms with Crippen molar-refractivity contribution >= 4 is 35.2 Å². The molecular formula is C34H41N8O4+. The maximum absolute atomic E-state index is 13.9. The van der Waals surface area contributed by atoms with Gasteiger partial charge in [0, 0.05) is 34.3 Å². The molecule has 46 heavy (non-hydrogen) atoms. The summed E-state index contributed by atoms with van der Waals surface area (Å²) in [5, 5.41) is 20.3. The van der Waals surface area contributed by atoms with E-state index in [0.717, 1.165) is 18.4 Å². The summed E-state index contributed by atoms with van der Waals surface area (Å²) in [6, 6.07) is 19.5. The van der Waals surface area contributed by atoms with Gasteiger partial charge in [0.05, 0.1) is 17.2 Å². The van der Waals surface area contributed by atoms with E-state index in [0.29, 0.717) is 40.5 Å². The van der Waals surface area contributed by atoms with Gasteiger partial charge in [0.25, 0.3) is 5.91 Å². The molecule has 1 heterocycles. The van der Waals surface area contributed by atoms with E-state index in [2.05, 4.69) is 32.8 Å². The number of urea groups is 1. The van der Waals surface area contributed by atoms with Gasteiger partial charge in [0.15, 0.2) is 6.23 Å². The molecule has 0 spiro atoms. The maximum Gasteiger partial charge on any atom is 0.414 e. The second kappa shape index (κ2) is 14.8. The minimum absolute atomic E-state index is 0.211. The molecule has 0 aromatic heterocycles. The highest BCUT2D eigenvalue weighted by atomic mass is 16.3. The van der Waals surface area contributed by atoms with Crippen molar-refractivity contribution in [3.63, 3.8) is 0 Å².